The molecular weight excluding hydrogens is 573 g/mol. The SMILES string of the molecule is CC[C@H](c1ccc(C(=O)NCc2nn[nH]n2)cc1)N1C(=O)C(c2cc(Cl)cc(Cl)c2)=NC12CCC(C(C)(C)CC)CC2. The summed E-state index contributed by atoms with van der Waals surface area (Å²) >= 11 is 12.7. The average Bonchev–Trinajstić information content (AvgIpc) is 3.59. The Kier molecular flexibility index (Phi) is 8.71. The van der Waals surface area contributed by atoms with E-state index < -0.39 is 5.66 Å². The summed E-state index contributed by atoms with van der Waals surface area (Å²) in [5.41, 5.74) is 2.08. The second-order valence-electron chi connectivity index (χ2n) is 11.9. The Morgan fingerprint density at radius 2 is 1.79 bits per heavy atom. The van der Waals surface area contributed by atoms with Gasteiger partial charge in [0.15, 0.2) is 5.82 Å². The highest BCUT2D eigenvalue weighted by Crippen LogP contribution is 2.50. The molecule has 2 N–H and O–H groups in total. The van der Waals surface area contributed by atoms with Gasteiger partial charge in [-0.3, -0.25) is 14.6 Å². The van der Waals surface area contributed by atoms with Crippen molar-refractivity contribution in [2.24, 2.45) is 16.3 Å². The first kappa shape index (κ1) is 30.2. The van der Waals surface area contributed by atoms with Crippen LogP contribution in [0.3, 0.4) is 0 Å². The molecule has 1 atom stereocenters. The number of H-pyrrole nitrogens is 1. The maximum atomic E-state index is 14.3. The fourth-order valence-electron chi connectivity index (χ4n) is 6.37. The summed E-state index contributed by atoms with van der Waals surface area (Å²) in [4.78, 5) is 34.3. The normalized spacial score (nSPS) is 21.5. The highest BCUT2D eigenvalue weighted by Gasteiger charge is 2.52. The van der Waals surface area contributed by atoms with Crippen molar-refractivity contribution in [3.8, 4) is 0 Å². The van der Waals surface area contributed by atoms with Crippen LogP contribution in [0.15, 0.2) is 47.5 Å². The van der Waals surface area contributed by atoms with Gasteiger partial charge in [0.05, 0.1) is 12.6 Å². The van der Waals surface area contributed by atoms with Crippen molar-refractivity contribution in [1.29, 1.82) is 0 Å². The highest BCUT2D eigenvalue weighted by molar-refractivity contribution is 6.47. The molecule has 1 fully saturated rings. The molecule has 2 heterocycles. The largest absolute Gasteiger partial charge is 0.345 e. The second-order valence-corrected chi connectivity index (χ2v) is 12.8. The third kappa shape index (κ3) is 5.95. The number of aliphatic imine (C=N–C) groups is 1. The van der Waals surface area contributed by atoms with Crippen molar-refractivity contribution in [1.82, 2.24) is 30.8 Å². The molecule has 9 nitrogen and oxygen atoms in total. The smallest absolute Gasteiger partial charge is 0.275 e. The van der Waals surface area contributed by atoms with Gasteiger partial charge in [-0.25, -0.2) is 0 Å². The van der Waals surface area contributed by atoms with E-state index >= 15 is 0 Å². The Morgan fingerprint density at radius 1 is 1.12 bits per heavy atom. The molecule has 1 saturated carbocycles. The lowest BCUT2D eigenvalue weighted by atomic mass is 9.67. The molecule has 5 rings (SSSR count). The Hall–Kier alpha value is -3.30. The Morgan fingerprint density at radius 3 is 2.36 bits per heavy atom. The number of benzene rings is 2. The summed E-state index contributed by atoms with van der Waals surface area (Å²) in [5, 5.41) is 17.3. The number of amides is 2. The zero-order valence-electron chi connectivity index (χ0n) is 24.5. The molecule has 2 aliphatic rings. The summed E-state index contributed by atoms with van der Waals surface area (Å²) in [7, 11) is 0. The number of nitrogens with zero attached hydrogens (tertiary/aromatic N) is 5. The molecule has 42 heavy (non-hydrogen) atoms. The molecule has 0 unspecified atom stereocenters. The number of aromatic amines is 1. The monoisotopic (exact) mass is 609 g/mol. The van der Waals surface area contributed by atoms with Gasteiger partial charge in [0.1, 0.15) is 11.4 Å². The number of carbonyl (C=O) groups excluding carboxylic acids is 2. The first-order valence-corrected chi connectivity index (χ1v) is 15.3. The van der Waals surface area contributed by atoms with Gasteiger partial charge in [0.2, 0.25) is 0 Å². The van der Waals surface area contributed by atoms with Crippen LogP contribution in [0.25, 0.3) is 0 Å². The van der Waals surface area contributed by atoms with Gasteiger partial charge < -0.3 is 10.2 Å². The molecule has 3 aromatic rings. The summed E-state index contributed by atoms with van der Waals surface area (Å²) < 4.78 is 0. The molecule has 0 bridgehead atoms. The van der Waals surface area contributed by atoms with Crippen LogP contribution in [0.1, 0.15) is 99.6 Å². The van der Waals surface area contributed by atoms with E-state index in [1.807, 2.05) is 17.0 Å². The second kappa shape index (κ2) is 12.1. The minimum absolute atomic E-state index is 0.115. The number of halogens is 2. The van der Waals surface area contributed by atoms with Crippen LogP contribution >= 0.6 is 23.2 Å². The van der Waals surface area contributed by atoms with Gasteiger partial charge in [-0.05, 0) is 79.3 Å². The third-order valence-electron chi connectivity index (χ3n) is 9.18. The van der Waals surface area contributed by atoms with E-state index in [2.05, 4.69) is 53.6 Å². The number of rotatable bonds is 9. The summed E-state index contributed by atoms with van der Waals surface area (Å²) in [6, 6.07) is 12.4. The number of tetrazole rings is 1. The summed E-state index contributed by atoms with van der Waals surface area (Å²) in [5.74, 6) is 0.608. The first-order valence-electron chi connectivity index (χ1n) is 14.6. The number of hydrogen-bond donors (Lipinski definition) is 2. The molecule has 1 aliphatic heterocycles. The van der Waals surface area contributed by atoms with Crippen LogP contribution in [-0.2, 0) is 11.3 Å². The van der Waals surface area contributed by atoms with Crippen LogP contribution in [0, 0.1) is 11.3 Å². The van der Waals surface area contributed by atoms with Gasteiger partial charge in [-0.1, -0.05) is 74.7 Å². The van der Waals surface area contributed by atoms with Gasteiger partial charge in [-0.15, -0.1) is 10.2 Å². The van der Waals surface area contributed by atoms with Crippen LogP contribution in [-0.4, -0.2) is 48.7 Å². The summed E-state index contributed by atoms with van der Waals surface area (Å²) in [6.07, 6.45) is 5.37. The first-order chi connectivity index (χ1) is 20.1. The van der Waals surface area contributed by atoms with Crippen LogP contribution in [0.4, 0.5) is 0 Å². The van der Waals surface area contributed by atoms with E-state index in [4.69, 9.17) is 28.2 Å². The Bertz CT molecular complexity index is 1440. The van der Waals surface area contributed by atoms with Gasteiger partial charge in [-0.2, -0.15) is 5.21 Å². The molecule has 222 valence electrons. The van der Waals surface area contributed by atoms with Crippen molar-refractivity contribution in [3.63, 3.8) is 0 Å². The molecule has 1 spiro atoms. The maximum absolute atomic E-state index is 14.3. The minimum Gasteiger partial charge on any atom is -0.345 e. The molecule has 1 aromatic heterocycles. The Balaban J connectivity index is 1.45. The van der Waals surface area contributed by atoms with Gasteiger partial charge in [0, 0.05) is 21.2 Å². The third-order valence-corrected chi connectivity index (χ3v) is 9.62. The molecule has 11 heteroatoms. The van der Waals surface area contributed by atoms with Gasteiger partial charge >= 0.3 is 0 Å². The van der Waals surface area contributed by atoms with E-state index in [-0.39, 0.29) is 29.8 Å². The predicted octanol–water partition coefficient (Wildman–Crippen LogP) is 6.54. The zero-order chi connectivity index (χ0) is 30.1. The van der Waals surface area contributed by atoms with Gasteiger partial charge in [0.25, 0.3) is 11.8 Å². The number of hydrogen-bond acceptors (Lipinski definition) is 6. The van der Waals surface area contributed by atoms with Crippen LogP contribution in [0.2, 0.25) is 10.0 Å². The van der Waals surface area contributed by atoms with E-state index in [9.17, 15) is 9.59 Å². The fraction of sp³-hybridized carbons (Fsp3) is 0.484. The molecule has 2 aromatic carbocycles. The molecule has 2 amide bonds. The lowest BCUT2D eigenvalue weighted by molar-refractivity contribution is -0.133. The summed E-state index contributed by atoms with van der Waals surface area (Å²) in [6.45, 7) is 9.17. The number of aromatic nitrogens is 4. The molecule has 0 saturated heterocycles. The molecular formula is C31H37Cl2N7O2. The van der Waals surface area contributed by atoms with Crippen molar-refractivity contribution in [3.05, 3.63) is 75.0 Å². The lowest BCUT2D eigenvalue weighted by Crippen LogP contribution is -2.51. The molecule has 0 radical (unpaired) electrons. The topological polar surface area (TPSA) is 116 Å². The zero-order valence-corrected chi connectivity index (χ0v) is 26.0. The van der Waals surface area contributed by atoms with E-state index in [1.54, 1.807) is 30.3 Å². The molecule has 1 aliphatic carbocycles. The number of carbonyl (C=O) groups is 2. The highest BCUT2D eigenvalue weighted by atomic mass is 35.5. The number of nitrogens with one attached hydrogen (secondary N) is 2. The van der Waals surface area contributed by atoms with E-state index in [0.717, 1.165) is 37.7 Å². The Labute approximate surface area is 256 Å². The van der Waals surface area contributed by atoms with E-state index in [1.165, 1.54) is 0 Å². The van der Waals surface area contributed by atoms with Crippen LogP contribution in [0.5, 0.6) is 0 Å². The lowest BCUT2D eigenvalue weighted by Gasteiger charge is -2.48. The fourth-order valence-corrected chi connectivity index (χ4v) is 6.89. The maximum Gasteiger partial charge on any atom is 0.275 e. The standard InChI is InChI=1S/C31H37Cl2N7O2/c1-5-25(19-7-9-20(10-8-19)28(41)34-18-26-36-38-39-37-26)40-29(42)27(21-15-23(32)17-24(33)16-21)35-31(40)13-11-22(12-14-31)30(3,4)6-2/h7-10,15-17,22,25H,5-6,11-14,18H2,1-4H3,(H,34,41)(H,36,37,38,39)/t22?,25-,31?/m1/s1. The van der Waals surface area contributed by atoms with E-state index in [0.29, 0.717) is 45.0 Å². The van der Waals surface area contributed by atoms with Crippen LogP contribution < -0.4 is 5.32 Å². The quantitative estimate of drug-likeness (QED) is 0.285. The van der Waals surface area contributed by atoms with Crippen molar-refractivity contribution >= 4 is 40.7 Å². The van der Waals surface area contributed by atoms with Crippen molar-refractivity contribution in [2.45, 2.75) is 84.5 Å². The minimum atomic E-state index is -0.650. The van der Waals surface area contributed by atoms with Crippen molar-refractivity contribution < 1.29 is 9.59 Å². The predicted molar refractivity (Wildman–Crippen MR) is 163 cm³/mol. The van der Waals surface area contributed by atoms with Crippen molar-refractivity contribution in [2.75, 3.05) is 0 Å². The average molecular weight is 611 g/mol.